The number of alkyl halides is 3. The van der Waals surface area contributed by atoms with Gasteiger partial charge in [-0.05, 0) is 43.9 Å². The van der Waals surface area contributed by atoms with Crippen LogP contribution < -0.4 is 0 Å². The first kappa shape index (κ1) is 13.4. The van der Waals surface area contributed by atoms with Crippen molar-refractivity contribution in [2.45, 2.75) is 32.5 Å². The van der Waals surface area contributed by atoms with Gasteiger partial charge in [-0.2, -0.15) is 13.2 Å². The van der Waals surface area contributed by atoms with Crippen LogP contribution in [0.3, 0.4) is 0 Å². The molecule has 0 unspecified atom stereocenters. The van der Waals surface area contributed by atoms with Gasteiger partial charge in [0.1, 0.15) is 0 Å². The molecule has 0 aliphatic carbocycles. The van der Waals surface area contributed by atoms with E-state index in [0.29, 0.717) is 12.0 Å². The van der Waals surface area contributed by atoms with Gasteiger partial charge in [-0.25, -0.2) is 0 Å². The maximum atomic E-state index is 12.4. The molecule has 1 heterocycles. The molecule has 0 radical (unpaired) electrons. The Balaban J connectivity index is 1.89. The molecule has 1 aliphatic heterocycles. The Morgan fingerprint density at radius 1 is 1.17 bits per heavy atom. The third-order valence-electron chi connectivity index (χ3n) is 3.52. The van der Waals surface area contributed by atoms with Gasteiger partial charge in [0.2, 0.25) is 0 Å². The molecular weight excluding hydrogens is 239 g/mol. The van der Waals surface area contributed by atoms with Crippen molar-refractivity contribution in [1.29, 1.82) is 0 Å². The summed E-state index contributed by atoms with van der Waals surface area (Å²) < 4.78 is 37.2. The lowest BCUT2D eigenvalue weighted by Crippen LogP contribution is -2.50. The zero-order chi connectivity index (χ0) is 13.3. The molecule has 100 valence electrons. The second kappa shape index (κ2) is 4.92. The zero-order valence-electron chi connectivity index (χ0n) is 10.7. The van der Waals surface area contributed by atoms with Crippen molar-refractivity contribution in [2.75, 3.05) is 13.1 Å². The number of likely N-dealkylation sites (tertiary alicyclic amines) is 1. The summed E-state index contributed by atoms with van der Waals surface area (Å²) in [5.41, 5.74) is 0.431. The second-order valence-electron chi connectivity index (χ2n) is 5.31. The molecule has 1 aliphatic rings. The van der Waals surface area contributed by atoms with Gasteiger partial charge < -0.3 is 4.90 Å². The molecule has 0 spiro atoms. The number of hydrogen-bond donors (Lipinski definition) is 0. The summed E-state index contributed by atoms with van der Waals surface area (Å²) in [5.74, 6) is 0.587. The highest BCUT2D eigenvalue weighted by Gasteiger charge is 2.31. The SMILES string of the molecule is CC(C)N1CC(Cc2ccc(C(F)(F)F)cc2)C1. The molecule has 1 aromatic carbocycles. The van der Waals surface area contributed by atoms with E-state index >= 15 is 0 Å². The molecule has 4 heteroatoms. The number of benzene rings is 1. The standard InChI is InChI=1S/C14H18F3N/c1-10(2)18-8-12(9-18)7-11-3-5-13(6-4-11)14(15,16)17/h3-6,10,12H,7-9H2,1-2H3. The lowest BCUT2D eigenvalue weighted by molar-refractivity contribution is -0.137. The average molecular weight is 257 g/mol. The van der Waals surface area contributed by atoms with E-state index < -0.39 is 11.7 Å². The number of nitrogens with zero attached hydrogens (tertiary/aromatic N) is 1. The largest absolute Gasteiger partial charge is 0.416 e. The quantitative estimate of drug-likeness (QED) is 0.800. The van der Waals surface area contributed by atoms with Crippen LogP contribution >= 0.6 is 0 Å². The van der Waals surface area contributed by atoms with E-state index in [1.807, 2.05) is 0 Å². The van der Waals surface area contributed by atoms with Crippen LogP contribution in [0.2, 0.25) is 0 Å². The Kier molecular flexibility index (Phi) is 3.66. The number of halogens is 3. The first-order valence-corrected chi connectivity index (χ1v) is 6.26. The molecule has 0 N–H and O–H groups in total. The van der Waals surface area contributed by atoms with Crippen molar-refractivity contribution in [1.82, 2.24) is 4.90 Å². The fourth-order valence-electron chi connectivity index (χ4n) is 2.32. The fourth-order valence-corrected chi connectivity index (χ4v) is 2.32. The van der Waals surface area contributed by atoms with Crippen molar-refractivity contribution >= 4 is 0 Å². The molecule has 1 saturated heterocycles. The van der Waals surface area contributed by atoms with E-state index in [4.69, 9.17) is 0 Å². The van der Waals surface area contributed by atoms with Crippen molar-refractivity contribution in [3.05, 3.63) is 35.4 Å². The first-order valence-electron chi connectivity index (χ1n) is 6.26. The molecule has 1 aromatic rings. The zero-order valence-corrected chi connectivity index (χ0v) is 10.7. The van der Waals surface area contributed by atoms with E-state index in [0.717, 1.165) is 25.1 Å². The van der Waals surface area contributed by atoms with Crippen molar-refractivity contribution < 1.29 is 13.2 Å². The Bertz CT molecular complexity index is 388. The molecule has 1 nitrogen and oxygen atoms in total. The van der Waals surface area contributed by atoms with Crippen LogP contribution in [0.1, 0.15) is 25.0 Å². The number of hydrogen-bond acceptors (Lipinski definition) is 1. The van der Waals surface area contributed by atoms with Crippen LogP contribution in [0.15, 0.2) is 24.3 Å². The van der Waals surface area contributed by atoms with Gasteiger partial charge in [-0.3, -0.25) is 0 Å². The van der Waals surface area contributed by atoms with Crippen molar-refractivity contribution in [2.24, 2.45) is 5.92 Å². The van der Waals surface area contributed by atoms with E-state index in [2.05, 4.69) is 18.7 Å². The highest BCUT2D eigenvalue weighted by molar-refractivity contribution is 5.25. The van der Waals surface area contributed by atoms with Gasteiger partial charge in [0, 0.05) is 19.1 Å². The molecule has 0 atom stereocenters. The summed E-state index contributed by atoms with van der Waals surface area (Å²) in [6.45, 7) is 6.43. The average Bonchev–Trinajstić information content (AvgIpc) is 2.21. The summed E-state index contributed by atoms with van der Waals surface area (Å²) >= 11 is 0. The Hall–Kier alpha value is -1.03. The van der Waals surface area contributed by atoms with Gasteiger partial charge in [-0.1, -0.05) is 12.1 Å². The normalized spacial score (nSPS) is 18.1. The summed E-state index contributed by atoms with van der Waals surface area (Å²) in [7, 11) is 0. The first-order chi connectivity index (χ1) is 8.36. The van der Waals surface area contributed by atoms with Gasteiger partial charge in [0.05, 0.1) is 5.56 Å². The maximum Gasteiger partial charge on any atom is 0.416 e. The summed E-state index contributed by atoms with van der Waals surface area (Å²) in [4.78, 5) is 2.37. The van der Waals surface area contributed by atoms with Crippen LogP contribution in [0.25, 0.3) is 0 Å². The van der Waals surface area contributed by atoms with Gasteiger partial charge >= 0.3 is 6.18 Å². The van der Waals surface area contributed by atoms with Gasteiger partial charge in [0.15, 0.2) is 0 Å². The lowest BCUT2D eigenvalue weighted by Gasteiger charge is -2.42. The van der Waals surface area contributed by atoms with Crippen molar-refractivity contribution in [3.63, 3.8) is 0 Å². The van der Waals surface area contributed by atoms with Crippen LogP contribution in [0.4, 0.5) is 13.2 Å². The minimum atomic E-state index is -4.23. The molecule has 0 amide bonds. The minimum absolute atomic E-state index is 0.564. The Labute approximate surface area is 106 Å². The maximum absolute atomic E-state index is 12.4. The topological polar surface area (TPSA) is 3.24 Å². The second-order valence-corrected chi connectivity index (χ2v) is 5.31. The van der Waals surface area contributed by atoms with E-state index in [-0.39, 0.29) is 0 Å². The van der Waals surface area contributed by atoms with Gasteiger partial charge in [-0.15, -0.1) is 0 Å². The molecule has 2 rings (SSSR count). The van der Waals surface area contributed by atoms with E-state index in [9.17, 15) is 13.2 Å². The van der Waals surface area contributed by atoms with Crippen LogP contribution in [0.5, 0.6) is 0 Å². The minimum Gasteiger partial charge on any atom is -0.300 e. The highest BCUT2D eigenvalue weighted by Crippen LogP contribution is 2.30. The smallest absolute Gasteiger partial charge is 0.300 e. The van der Waals surface area contributed by atoms with Crippen LogP contribution in [-0.2, 0) is 12.6 Å². The number of rotatable bonds is 3. The lowest BCUT2D eigenvalue weighted by atomic mass is 9.91. The van der Waals surface area contributed by atoms with E-state index in [1.165, 1.54) is 12.1 Å². The molecule has 0 saturated carbocycles. The fraction of sp³-hybridized carbons (Fsp3) is 0.571. The third-order valence-corrected chi connectivity index (χ3v) is 3.52. The van der Waals surface area contributed by atoms with Crippen molar-refractivity contribution in [3.8, 4) is 0 Å². The predicted molar refractivity (Wildman–Crippen MR) is 65.3 cm³/mol. The van der Waals surface area contributed by atoms with Crippen LogP contribution in [-0.4, -0.2) is 24.0 Å². The summed E-state index contributed by atoms with van der Waals surface area (Å²) in [6, 6.07) is 6.11. The Morgan fingerprint density at radius 3 is 2.17 bits per heavy atom. The van der Waals surface area contributed by atoms with Gasteiger partial charge in [0.25, 0.3) is 0 Å². The molecule has 18 heavy (non-hydrogen) atoms. The molecule has 0 bridgehead atoms. The summed E-state index contributed by atoms with van der Waals surface area (Å²) in [5, 5.41) is 0. The third kappa shape index (κ3) is 3.05. The van der Waals surface area contributed by atoms with E-state index in [1.54, 1.807) is 12.1 Å². The molecular formula is C14H18F3N. The molecule has 1 fully saturated rings. The monoisotopic (exact) mass is 257 g/mol. The van der Waals surface area contributed by atoms with Crippen LogP contribution in [0, 0.1) is 5.92 Å². The Morgan fingerprint density at radius 2 is 1.72 bits per heavy atom. The highest BCUT2D eigenvalue weighted by atomic mass is 19.4. The summed E-state index contributed by atoms with van der Waals surface area (Å²) in [6.07, 6.45) is -3.36. The molecule has 0 aromatic heterocycles. The predicted octanol–water partition coefficient (Wildman–Crippen LogP) is 3.59.